The lowest BCUT2D eigenvalue weighted by Crippen LogP contribution is -2.34. The molecule has 1 saturated carbocycles. The van der Waals surface area contributed by atoms with E-state index in [1.165, 1.54) is 31.2 Å². The second-order valence-corrected chi connectivity index (χ2v) is 6.32. The fraction of sp³-hybridized carbons (Fsp3) is 0.667. The highest BCUT2D eigenvalue weighted by atomic mass is 16.5. The van der Waals surface area contributed by atoms with Gasteiger partial charge in [-0.25, -0.2) is 0 Å². The number of nitrogens with zero attached hydrogens (tertiary/aromatic N) is 1. The second-order valence-electron chi connectivity index (χ2n) is 6.32. The first kappa shape index (κ1) is 16.3. The Morgan fingerprint density at radius 1 is 1.14 bits per heavy atom. The molecule has 21 heavy (non-hydrogen) atoms. The van der Waals surface area contributed by atoms with E-state index in [-0.39, 0.29) is 0 Å². The molecule has 0 bridgehead atoms. The van der Waals surface area contributed by atoms with Gasteiger partial charge in [-0.05, 0) is 56.3 Å². The molecule has 0 unspecified atom stereocenters. The van der Waals surface area contributed by atoms with Gasteiger partial charge in [-0.15, -0.1) is 0 Å². The molecule has 0 aromatic heterocycles. The SMILES string of the molecule is COCCOc1cccc(CN(C)[C@H]2CC[C@@H](C)CC2)c1. The van der Waals surface area contributed by atoms with Gasteiger partial charge in [-0.1, -0.05) is 19.1 Å². The predicted octanol–water partition coefficient (Wildman–Crippen LogP) is 3.72. The van der Waals surface area contributed by atoms with Gasteiger partial charge >= 0.3 is 0 Å². The summed E-state index contributed by atoms with van der Waals surface area (Å²) in [5.41, 5.74) is 1.33. The highest BCUT2D eigenvalue weighted by Crippen LogP contribution is 2.27. The van der Waals surface area contributed by atoms with Crippen molar-refractivity contribution >= 4 is 0 Å². The van der Waals surface area contributed by atoms with Gasteiger partial charge in [-0.3, -0.25) is 4.90 Å². The molecule has 3 heteroatoms. The van der Waals surface area contributed by atoms with Crippen molar-refractivity contribution in [3.05, 3.63) is 29.8 Å². The first-order valence-corrected chi connectivity index (χ1v) is 8.10. The summed E-state index contributed by atoms with van der Waals surface area (Å²) in [6.07, 6.45) is 5.41. The van der Waals surface area contributed by atoms with Crippen LogP contribution in [0.3, 0.4) is 0 Å². The van der Waals surface area contributed by atoms with Gasteiger partial charge in [-0.2, -0.15) is 0 Å². The maximum absolute atomic E-state index is 5.68. The van der Waals surface area contributed by atoms with Gasteiger partial charge in [0.25, 0.3) is 0 Å². The molecule has 0 atom stereocenters. The van der Waals surface area contributed by atoms with Gasteiger partial charge in [0.15, 0.2) is 0 Å². The van der Waals surface area contributed by atoms with Crippen molar-refractivity contribution in [2.75, 3.05) is 27.4 Å². The van der Waals surface area contributed by atoms with Crippen LogP contribution in [0.5, 0.6) is 5.75 Å². The molecule has 1 fully saturated rings. The maximum Gasteiger partial charge on any atom is 0.119 e. The van der Waals surface area contributed by atoms with E-state index in [9.17, 15) is 0 Å². The summed E-state index contributed by atoms with van der Waals surface area (Å²) < 4.78 is 10.7. The van der Waals surface area contributed by atoms with Crippen LogP contribution in [0.2, 0.25) is 0 Å². The fourth-order valence-corrected chi connectivity index (χ4v) is 3.08. The first-order chi connectivity index (χ1) is 10.2. The van der Waals surface area contributed by atoms with Crippen molar-refractivity contribution in [2.45, 2.75) is 45.2 Å². The zero-order valence-electron chi connectivity index (χ0n) is 13.7. The van der Waals surface area contributed by atoms with Crippen molar-refractivity contribution in [1.29, 1.82) is 0 Å². The van der Waals surface area contributed by atoms with Gasteiger partial charge in [0.2, 0.25) is 0 Å². The quantitative estimate of drug-likeness (QED) is 0.715. The predicted molar refractivity (Wildman–Crippen MR) is 86.7 cm³/mol. The topological polar surface area (TPSA) is 21.7 Å². The summed E-state index contributed by atoms with van der Waals surface area (Å²) in [7, 11) is 3.94. The summed E-state index contributed by atoms with van der Waals surface area (Å²) in [4.78, 5) is 2.50. The molecule has 0 radical (unpaired) electrons. The molecule has 2 rings (SSSR count). The van der Waals surface area contributed by atoms with Crippen LogP contribution in [0.25, 0.3) is 0 Å². The Hall–Kier alpha value is -1.06. The van der Waals surface area contributed by atoms with Crippen LogP contribution in [0.1, 0.15) is 38.2 Å². The van der Waals surface area contributed by atoms with Crippen LogP contribution in [-0.2, 0) is 11.3 Å². The third-order valence-corrected chi connectivity index (χ3v) is 4.50. The van der Waals surface area contributed by atoms with E-state index in [2.05, 4.69) is 37.1 Å². The molecular weight excluding hydrogens is 262 g/mol. The summed E-state index contributed by atoms with van der Waals surface area (Å²) >= 11 is 0. The molecule has 0 aliphatic heterocycles. The summed E-state index contributed by atoms with van der Waals surface area (Å²) in [6.45, 7) is 4.61. The van der Waals surface area contributed by atoms with Crippen molar-refractivity contribution in [3.8, 4) is 5.75 Å². The molecule has 1 aliphatic rings. The van der Waals surface area contributed by atoms with Crippen molar-refractivity contribution in [2.24, 2.45) is 5.92 Å². The monoisotopic (exact) mass is 291 g/mol. The molecule has 1 aliphatic carbocycles. The van der Waals surface area contributed by atoms with E-state index in [1.54, 1.807) is 7.11 Å². The van der Waals surface area contributed by atoms with Crippen LogP contribution in [-0.4, -0.2) is 38.3 Å². The highest BCUT2D eigenvalue weighted by Gasteiger charge is 2.21. The Morgan fingerprint density at radius 3 is 2.62 bits per heavy atom. The maximum atomic E-state index is 5.68. The van der Waals surface area contributed by atoms with Crippen molar-refractivity contribution < 1.29 is 9.47 Å². The molecule has 0 heterocycles. The van der Waals surface area contributed by atoms with Crippen LogP contribution in [0.4, 0.5) is 0 Å². The Bertz CT molecular complexity index is 413. The van der Waals surface area contributed by atoms with E-state index < -0.39 is 0 Å². The number of rotatable bonds is 7. The average Bonchev–Trinajstić information content (AvgIpc) is 2.48. The summed E-state index contributed by atoms with van der Waals surface area (Å²) in [5.74, 6) is 1.85. The first-order valence-electron chi connectivity index (χ1n) is 8.10. The highest BCUT2D eigenvalue weighted by molar-refractivity contribution is 5.28. The second kappa shape index (κ2) is 8.40. The van der Waals surface area contributed by atoms with Gasteiger partial charge in [0.1, 0.15) is 12.4 Å². The van der Waals surface area contributed by atoms with E-state index >= 15 is 0 Å². The molecule has 1 aromatic rings. The minimum atomic E-state index is 0.607. The summed E-state index contributed by atoms with van der Waals surface area (Å²) in [6, 6.07) is 9.16. The molecule has 118 valence electrons. The van der Waals surface area contributed by atoms with Gasteiger partial charge in [0.05, 0.1) is 6.61 Å². The Balaban J connectivity index is 1.85. The third-order valence-electron chi connectivity index (χ3n) is 4.50. The Kier molecular flexibility index (Phi) is 6.52. The number of ether oxygens (including phenoxy) is 2. The molecule has 3 nitrogen and oxygen atoms in total. The van der Waals surface area contributed by atoms with E-state index in [4.69, 9.17) is 9.47 Å². The Labute approximate surface area is 129 Å². The zero-order chi connectivity index (χ0) is 15.1. The number of methoxy groups -OCH3 is 1. The minimum absolute atomic E-state index is 0.607. The lowest BCUT2D eigenvalue weighted by atomic mass is 9.86. The standard InChI is InChI=1S/C18H29NO2/c1-15-7-9-17(10-8-15)19(2)14-16-5-4-6-18(13-16)21-12-11-20-3/h4-6,13,15,17H,7-12,14H2,1-3H3/t15-,17+. The fourth-order valence-electron chi connectivity index (χ4n) is 3.08. The number of hydrogen-bond donors (Lipinski definition) is 0. The van der Waals surface area contributed by atoms with Crippen molar-refractivity contribution in [1.82, 2.24) is 4.90 Å². The lowest BCUT2D eigenvalue weighted by Gasteiger charge is -2.33. The number of benzene rings is 1. The Morgan fingerprint density at radius 2 is 1.90 bits per heavy atom. The number of hydrogen-bond acceptors (Lipinski definition) is 3. The molecule has 1 aromatic carbocycles. The minimum Gasteiger partial charge on any atom is -0.491 e. The van der Waals surface area contributed by atoms with Gasteiger partial charge < -0.3 is 9.47 Å². The average molecular weight is 291 g/mol. The smallest absolute Gasteiger partial charge is 0.119 e. The zero-order valence-corrected chi connectivity index (χ0v) is 13.7. The van der Waals surface area contributed by atoms with Crippen molar-refractivity contribution in [3.63, 3.8) is 0 Å². The van der Waals surface area contributed by atoms with E-state index in [0.29, 0.717) is 13.2 Å². The van der Waals surface area contributed by atoms with E-state index in [1.807, 2.05) is 6.07 Å². The lowest BCUT2D eigenvalue weighted by molar-refractivity contribution is 0.146. The van der Waals surface area contributed by atoms with Crippen LogP contribution < -0.4 is 4.74 Å². The molecular formula is C18H29NO2. The van der Waals surface area contributed by atoms with Gasteiger partial charge in [0, 0.05) is 19.7 Å². The van der Waals surface area contributed by atoms with Crippen LogP contribution in [0, 0.1) is 5.92 Å². The van der Waals surface area contributed by atoms with Crippen LogP contribution >= 0.6 is 0 Å². The molecule has 0 spiro atoms. The molecule has 0 saturated heterocycles. The molecule has 0 amide bonds. The third kappa shape index (κ3) is 5.33. The van der Waals surface area contributed by atoms with Crippen LogP contribution in [0.15, 0.2) is 24.3 Å². The largest absolute Gasteiger partial charge is 0.491 e. The normalized spacial score (nSPS) is 22.5. The van der Waals surface area contributed by atoms with E-state index in [0.717, 1.165) is 24.3 Å². The molecule has 0 N–H and O–H groups in total. The summed E-state index contributed by atoms with van der Waals surface area (Å²) in [5, 5.41) is 0.